The monoisotopic (exact) mass is 545 g/mol. The van der Waals surface area contributed by atoms with Gasteiger partial charge in [0, 0.05) is 15.7 Å². The van der Waals surface area contributed by atoms with Crippen molar-refractivity contribution in [2.24, 2.45) is 0 Å². The molecule has 0 saturated heterocycles. The van der Waals surface area contributed by atoms with Crippen molar-refractivity contribution in [3.05, 3.63) is 75.2 Å². The minimum Gasteiger partial charge on any atom is -0.496 e. The number of aryl methyl sites for hydroxylation is 1. The summed E-state index contributed by atoms with van der Waals surface area (Å²) in [5.74, 6) is 0.123. The van der Waals surface area contributed by atoms with Crippen LogP contribution in [0.25, 0.3) is 20.8 Å². The fourth-order valence-corrected chi connectivity index (χ4v) is 5.37. The zero-order chi connectivity index (χ0) is 22.8. The molecule has 9 heteroatoms. The Balaban J connectivity index is 1.49. The van der Waals surface area contributed by atoms with E-state index in [1.165, 1.54) is 7.11 Å². The maximum Gasteiger partial charge on any atom is 0.261 e. The Morgan fingerprint density at radius 1 is 1.19 bits per heavy atom. The van der Waals surface area contributed by atoms with Gasteiger partial charge >= 0.3 is 0 Å². The average molecular weight is 547 g/mol. The van der Waals surface area contributed by atoms with Gasteiger partial charge in [-0.25, -0.2) is 4.98 Å². The molecule has 0 saturated carbocycles. The van der Waals surface area contributed by atoms with Crippen LogP contribution in [-0.2, 0) is 0 Å². The Kier molecular flexibility index (Phi) is 6.76. The van der Waals surface area contributed by atoms with Gasteiger partial charge in [-0.3, -0.25) is 10.1 Å². The van der Waals surface area contributed by atoms with E-state index in [4.69, 9.17) is 28.6 Å². The number of carbonyl (C=O) groups excluding carboxylic acids is 1. The van der Waals surface area contributed by atoms with Gasteiger partial charge < -0.3 is 10.1 Å². The van der Waals surface area contributed by atoms with Crippen LogP contribution in [0, 0.1) is 6.92 Å². The standard InChI is InChI=1S/C23H17BrClN3O2S2/c1-12-9-13(24)10-16(20(12)30-2)21(29)28-23(31)26-14-7-8-15(17(25)11-14)22-27-18-5-3-4-6-19(18)32-22/h3-11H,1-2H3,(H2,26,28,29,31). The highest BCUT2D eigenvalue weighted by Crippen LogP contribution is 2.35. The molecule has 162 valence electrons. The molecule has 1 amide bonds. The fraction of sp³-hybridized carbons (Fsp3) is 0.0870. The molecule has 1 heterocycles. The molecule has 1 aromatic heterocycles. The maximum absolute atomic E-state index is 12.7. The summed E-state index contributed by atoms with van der Waals surface area (Å²) in [6.45, 7) is 1.87. The minimum atomic E-state index is -0.374. The predicted molar refractivity (Wildman–Crippen MR) is 139 cm³/mol. The number of nitrogens with one attached hydrogen (secondary N) is 2. The van der Waals surface area contributed by atoms with Crippen LogP contribution in [0.3, 0.4) is 0 Å². The molecule has 2 N–H and O–H groups in total. The first kappa shape index (κ1) is 22.7. The Morgan fingerprint density at radius 2 is 1.97 bits per heavy atom. The highest BCUT2D eigenvalue weighted by Gasteiger charge is 2.17. The first-order valence-electron chi connectivity index (χ1n) is 9.47. The summed E-state index contributed by atoms with van der Waals surface area (Å²) in [4.78, 5) is 17.4. The number of amides is 1. The quantitative estimate of drug-likeness (QED) is 0.275. The molecule has 0 radical (unpaired) electrons. The molecule has 0 unspecified atom stereocenters. The molecule has 0 aliphatic rings. The maximum atomic E-state index is 12.7. The van der Waals surface area contributed by atoms with Gasteiger partial charge in [-0.15, -0.1) is 11.3 Å². The summed E-state index contributed by atoms with van der Waals surface area (Å²) >= 11 is 16.8. The molecular formula is C23H17BrClN3O2S2. The number of para-hydroxylation sites is 1. The van der Waals surface area contributed by atoms with Crippen LogP contribution in [0.1, 0.15) is 15.9 Å². The number of aromatic nitrogens is 1. The molecule has 4 rings (SSSR count). The van der Waals surface area contributed by atoms with E-state index in [0.717, 1.165) is 30.8 Å². The topological polar surface area (TPSA) is 63.2 Å². The van der Waals surface area contributed by atoms with Gasteiger partial charge in [-0.05, 0) is 67.2 Å². The van der Waals surface area contributed by atoms with Crippen LogP contribution in [0.2, 0.25) is 5.02 Å². The van der Waals surface area contributed by atoms with Gasteiger partial charge in [0.1, 0.15) is 10.8 Å². The van der Waals surface area contributed by atoms with Crippen molar-refractivity contribution < 1.29 is 9.53 Å². The van der Waals surface area contributed by atoms with Crippen molar-refractivity contribution in [1.29, 1.82) is 0 Å². The van der Waals surface area contributed by atoms with Crippen molar-refractivity contribution in [3.8, 4) is 16.3 Å². The van der Waals surface area contributed by atoms with E-state index in [-0.39, 0.29) is 11.0 Å². The lowest BCUT2D eigenvalue weighted by Gasteiger charge is -2.14. The predicted octanol–water partition coefficient (Wildman–Crippen LogP) is 6.82. The van der Waals surface area contributed by atoms with Crippen molar-refractivity contribution in [2.75, 3.05) is 12.4 Å². The first-order valence-corrected chi connectivity index (χ1v) is 11.9. The van der Waals surface area contributed by atoms with Crippen LogP contribution in [0.4, 0.5) is 5.69 Å². The summed E-state index contributed by atoms with van der Waals surface area (Å²) in [7, 11) is 1.53. The second-order valence-corrected chi connectivity index (χ2v) is 9.65. The molecule has 0 atom stereocenters. The van der Waals surface area contributed by atoms with E-state index in [2.05, 4.69) is 31.5 Å². The third kappa shape index (κ3) is 4.78. The minimum absolute atomic E-state index is 0.151. The molecule has 3 aromatic carbocycles. The Hall–Kier alpha value is -2.52. The number of thiazole rings is 1. The summed E-state index contributed by atoms with van der Waals surface area (Å²) in [6.07, 6.45) is 0. The molecular weight excluding hydrogens is 530 g/mol. The third-order valence-corrected chi connectivity index (χ3v) is 6.71. The van der Waals surface area contributed by atoms with Gasteiger partial charge in [0.2, 0.25) is 0 Å². The second kappa shape index (κ2) is 9.54. The smallest absolute Gasteiger partial charge is 0.261 e. The highest BCUT2D eigenvalue weighted by molar-refractivity contribution is 9.10. The lowest BCUT2D eigenvalue weighted by atomic mass is 10.1. The SMILES string of the molecule is COc1c(C)cc(Br)cc1C(=O)NC(=S)Nc1ccc(-c2nc3ccccc3s2)c(Cl)c1. The van der Waals surface area contributed by atoms with Crippen LogP contribution >= 0.6 is 51.1 Å². The molecule has 4 aromatic rings. The van der Waals surface area contributed by atoms with Crippen LogP contribution in [-0.4, -0.2) is 23.1 Å². The van der Waals surface area contributed by atoms with E-state index >= 15 is 0 Å². The second-order valence-electron chi connectivity index (χ2n) is 6.89. The average Bonchev–Trinajstić information content (AvgIpc) is 3.17. The largest absolute Gasteiger partial charge is 0.496 e. The summed E-state index contributed by atoms with van der Waals surface area (Å²) in [5.41, 5.74) is 3.65. The normalized spacial score (nSPS) is 10.8. The van der Waals surface area contributed by atoms with Gasteiger partial charge in [-0.2, -0.15) is 0 Å². The number of fused-ring (bicyclic) bond motifs is 1. The number of ether oxygens (including phenoxy) is 1. The van der Waals surface area contributed by atoms with Crippen LogP contribution in [0.15, 0.2) is 59.1 Å². The first-order chi connectivity index (χ1) is 15.4. The van der Waals surface area contributed by atoms with E-state index in [1.54, 1.807) is 23.5 Å². The molecule has 32 heavy (non-hydrogen) atoms. The number of thiocarbonyl (C=S) groups is 1. The number of rotatable bonds is 4. The Labute approximate surface area is 207 Å². The lowest BCUT2D eigenvalue weighted by Crippen LogP contribution is -2.34. The van der Waals surface area contributed by atoms with Crippen molar-refractivity contribution in [2.45, 2.75) is 6.92 Å². The van der Waals surface area contributed by atoms with Crippen molar-refractivity contribution >= 4 is 78.0 Å². The number of benzene rings is 3. The van der Waals surface area contributed by atoms with E-state index in [9.17, 15) is 4.79 Å². The van der Waals surface area contributed by atoms with Crippen molar-refractivity contribution in [3.63, 3.8) is 0 Å². The molecule has 0 aliphatic heterocycles. The zero-order valence-electron chi connectivity index (χ0n) is 17.0. The van der Waals surface area contributed by atoms with Gasteiger partial charge in [0.25, 0.3) is 5.91 Å². The number of hydrogen-bond donors (Lipinski definition) is 2. The van der Waals surface area contributed by atoms with Crippen molar-refractivity contribution in [1.82, 2.24) is 10.3 Å². The van der Waals surface area contributed by atoms with Gasteiger partial charge in [0.05, 0.1) is 27.9 Å². The molecule has 0 bridgehead atoms. The Bertz CT molecular complexity index is 1320. The third-order valence-electron chi connectivity index (χ3n) is 4.67. The molecule has 5 nitrogen and oxygen atoms in total. The fourth-order valence-electron chi connectivity index (χ4n) is 3.26. The lowest BCUT2D eigenvalue weighted by molar-refractivity contribution is 0.0974. The number of halogens is 2. The van der Waals surface area contributed by atoms with E-state index in [0.29, 0.717) is 22.0 Å². The Morgan fingerprint density at radius 3 is 2.69 bits per heavy atom. The highest BCUT2D eigenvalue weighted by atomic mass is 79.9. The number of anilines is 1. The van der Waals surface area contributed by atoms with Gasteiger partial charge in [-0.1, -0.05) is 39.7 Å². The summed E-state index contributed by atoms with van der Waals surface area (Å²) in [6, 6.07) is 17.0. The number of nitrogens with zero attached hydrogens (tertiary/aromatic N) is 1. The number of hydrogen-bond acceptors (Lipinski definition) is 5. The van der Waals surface area contributed by atoms with Crippen LogP contribution in [0.5, 0.6) is 5.75 Å². The van der Waals surface area contributed by atoms with E-state index < -0.39 is 0 Å². The van der Waals surface area contributed by atoms with Crippen LogP contribution < -0.4 is 15.4 Å². The summed E-state index contributed by atoms with van der Waals surface area (Å²) < 4.78 is 7.25. The molecule has 0 aliphatic carbocycles. The number of carbonyl (C=O) groups is 1. The molecule has 0 fully saturated rings. The summed E-state index contributed by atoms with van der Waals surface area (Å²) in [5, 5.41) is 7.21. The van der Waals surface area contributed by atoms with Gasteiger partial charge in [0.15, 0.2) is 5.11 Å². The van der Waals surface area contributed by atoms with E-state index in [1.807, 2.05) is 49.4 Å². The molecule has 0 spiro atoms. The number of methoxy groups -OCH3 is 1. The zero-order valence-corrected chi connectivity index (χ0v) is 21.0.